The first-order chi connectivity index (χ1) is 9.41. The third kappa shape index (κ3) is 3.39. The maximum Gasteiger partial charge on any atom is 0.175 e. The Bertz CT molecular complexity index is 696. The van der Waals surface area contributed by atoms with Crippen molar-refractivity contribution in [3.8, 4) is 0 Å². The molecule has 106 valence electrons. The SMILES string of the molecule is CNC(c1ccc(Cl)cc1)c1cccc(S(C)(=O)=O)c1. The normalized spacial score (nSPS) is 13.2. The summed E-state index contributed by atoms with van der Waals surface area (Å²) in [6.45, 7) is 0. The van der Waals surface area contributed by atoms with Crippen LogP contribution in [0.25, 0.3) is 0 Å². The van der Waals surface area contributed by atoms with Gasteiger partial charge in [-0.2, -0.15) is 0 Å². The van der Waals surface area contributed by atoms with Gasteiger partial charge < -0.3 is 5.32 Å². The molecule has 0 heterocycles. The molecule has 3 nitrogen and oxygen atoms in total. The van der Waals surface area contributed by atoms with Crippen molar-refractivity contribution in [1.29, 1.82) is 0 Å². The lowest BCUT2D eigenvalue weighted by atomic mass is 9.99. The number of nitrogens with one attached hydrogen (secondary N) is 1. The van der Waals surface area contributed by atoms with Crippen molar-refractivity contribution in [2.24, 2.45) is 0 Å². The second kappa shape index (κ2) is 5.95. The zero-order valence-electron chi connectivity index (χ0n) is 11.3. The molecule has 0 aliphatic carbocycles. The number of halogens is 1. The Morgan fingerprint density at radius 2 is 1.70 bits per heavy atom. The molecule has 0 radical (unpaired) electrons. The van der Waals surface area contributed by atoms with Gasteiger partial charge in [-0.3, -0.25) is 0 Å². The number of benzene rings is 2. The second-order valence-corrected chi connectivity index (χ2v) is 7.07. The predicted molar refractivity (Wildman–Crippen MR) is 81.9 cm³/mol. The largest absolute Gasteiger partial charge is 0.309 e. The van der Waals surface area contributed by atoms with E-state index in [0.717, 1.165) is 11.1 Å². The Kier molecular flexibility index (Phi) is 4.48. The molecule has 0 saturated heterocycles. The van der Waals surface area contributed by atoms with Crippen LogP contribution in [-0.4, -0.2) is 21.7 Å². The topological polar surface area (TPSA) is 46.2 Å². The summed E-state index contributed by atoms with van der Waals surface area (Å²) in [4.78, 5) is 0.323. The highest BCUT2D eigenvalue weighted by Crippen LogP contribution is 2.25. The molecule has 0 aliphatic rings. The Hall–Kier alpha value is -1.36. The monoisotopic (exact) mass is 309 g/mol. The summed E-state index contributed by atoms with van der Waals surface area (Å²) < 4.78 is 23.3. The van der Waals surface area contributed by atoms with Crippen LogP contribution in [0.5, 0.6) is 0 Å². The molecule has 0 aromatic heterocycles. The van der Waals surface area contributed by atoms with Crippen molar-refractivity contribution < 1.29 is 8.42 Å². The van der Waals surface area contributed by atoms with E-state index in [0.29, 0.717) is 9.92 Å². The van der Waals surface area contributed by atoms with E-state index in [1.54, 1.807) is 18.2 Å². The van der Waals surface area contributed by atoms with E-state index >= 15 is 0 Å². The minimum Gasteiger partial charge on any atom is -0.309 e. The molecule has 0 bridgehead atoms. The van der Waals surface area contributed by atoms with Crippen LogP contribution >= 0.6 is 11.6 Å². The number of hydrogen-bond acceptors (Lipinski definition) is 3. The first-order valence-electron chi connectivity index (χ1n) is 6.14. The third-order valence-electron chi connectivity index (χ3n) is 3.11. The first kappa shape index (κ1) is 15.0. The molecule has 2 rings (SSSR count). The van der Waals surface area contributed by atoms with Crippen molar-refractivity contribution in [2.45, 2.75) is 10.9 Å². The number of sulfone groups is 1. The summed E-state index contributed by atoms with van der Waals surface area (Å²) in [7, 11) is -1.37. The fourth-order valence-corrected chi connectivity index (χ4v) is 2.91. The van der Waals surface area contributed by atoms with Gasteiger partial charge in [0.2, 0.25) is 0 Å². The molecule has 2 aromatic carbocycles. The van der Waals surface area contributed by atoms with Gasteiger partial charge in [0.25, 0.3) is 0 Å². The minimum atomic E-state index is -3.20. The van der Waals surface area contributed by atoms with E-state index in [-0.39, 0.29) is 6.04 Å². The summed E-state index contributed by atoms with van der Waals surface area (Å²) in [5, 5.41) is 3.87. The molecule has 1 unspecified atom stereocenters. The molecule has 0 spiro atoms. The van der Waals surface area contributed by atoms with Crippen LogP contribution in [0.1, 0.15) is 17.2 Å². The summed E-state index contributed by atoms with van der Waals surface area (Å²) in [5.41, 5.74) is 1.93. The van der Waals surface area contributed by atoms with Crippen LogP contribution in [-0.2, 0) is 9.84 Å². The Morgan fingerprint density at radius 1 is 1.05 bits per heavy atom. The highest BCUT2D eigenvalue weighted by Gasteiger charge is 2.14. The standard InChI is InChI=1S/C15H16ClNO2S/c1-17-15(11-6-8-13(16)9-7-11)12-4-3-5-14(10-12)20(2,18)19/h3-10,15,17H,1-2H3. The van der Waals surface area contributed by atoms with Crippen molar-refractivity contribution in [1.82, 2.24) is 5.32 Å². The maximum absolute atomic E-state index is 11.6. The van der Waals surface area contributed by atoms with Crippen LogP contribution in [0.15, 0.2) is 53.4 Å². The lowest BCUT2D eigenvalue weighted by molar-refractivity contribution is 0.601. The van der Waals surface area contributed by atoms with Crippen molar-refractivity contribution in [3.05, 3.63) is 64.7 Å². The molecule has 0 aliphatic heterocycles. The molecular weight excluding hydrogens is 294 g/mol. The summed E-state index contributed by atoms with van der Waals surface area (Å²) in [6, 6.07) is 14.4. The highest BCUT2D eigenvalue weighted by molar-refractivity contribution is 7.90. The molecule has 1 atom stereocenters. The zero-order chi connectivity index (χ0) is 14.8. The smallest absolute Gasteiger partial charge is 0.175 e. The van der Waals surface area contributed by atoms with Gasteiger partial charge in [-0.15, -0.1) is 0 Å². The molecule has 2 aromatic rings. The van der Waals surface area contributed by atoms with Crippen LogP contribution in [0.4, 0.5) is 0 Å². The van der Waals surface area contributed by atoms with Gasteiger partial charge in [-0.1, -0.05) is 35.9 Å². The van der Waals surface area contributed by atoms with Gasteiger partial charge in [-0.25, -0.2) is 8.42 Å². The van der Waals surface area contributed by atoms with Crippen LogP contribution < -0.4 is 5.32 Å². The Labute approximate surface area is 124 Å². The van der Waals surface area contributed by atoms with Crippen molar-refractivity contribution in [3.63, 3.8) is 0 Å². The van der Waals surface area contributed by atoms with Gasteiger partial charge >= 0.3 is 0 Å². The van der Waals surface area contributed by atoms with Gasteiger partial charge in [0.15, 0.2) is 9.84 Å². The fraction of sp³-hybridized carbons (Fsp3) is 0.200. The van der Waals surface area contributed by atoms with E-state index in [4.69, 9.17) is 11.6 Å². The molecule has 0 amide bonds. The predicted octanol–water partition coefficient (Wildman–Crippen LogP) is 3.05. The average Bonchev–Trinajstić information content (AvgIpc) is 2.41. The quantitative estimate of drug-likeness (QED) is 0.944. The lowest BCUT2D eigenvalue weighted by Crippen LogP contribution is -2.18. The van der Waals surface area contributed by atoms with Gasteiger partial charge in [-0.05, 0) is 42.4 Å². The number of hydrogen-bond donors (Lipinski definition) is 1. The molecule has 1 N–H and O–H groups in total. The fourth-order valence-electron chi connectivity index (χ4n) is 2.11. The van der Waals surface area contributed by atoms with Crippen LogP contribution in [0.2, 0.25) is 5.02 Å². The van der Waals surface area contributed by atoms with Gasteiger partial charge in [0.05, 0.1) is 10.9 Å². The Balaban J connectivity index is 2.44. The first-order valence-corrected chi connectivity index (χ1v) is 8.41. The van der Waals surface area contributed by atoms with Crippen LogP contribution in [0, 0.1) is 0 Å². The third-order valence-corrected chi connectivity index (χ3v) is 4.47. The average molecular weight is 310 g/mol. The zero-order valence-corrected chi connectivity index (χ0v) is 12.9. The van der Waals surface area contributed by atoms with E-state index < -0.39 is 9.84 Å². The second-order valence-electron chi connectivity index (χ2n) is 4.62. The molecule has 20 heavy (non-hydrogen) atoms. The lowest BCUT2D eigenvalue weighted by Gasteiger charge is -2.18. The van der Waals surface area contributed by atoms with Crippen LogP contribution in [0.3, 0.4) is 0 Å². The molecular formula is C15H16ClNO2S. The van der Waals surface area contributed by atoms with Gasteiger partial charge in [0.1, 0.15) is 0 Å². The summed E-state index contributed by atoms with van der Waals surface area (Å²) in [5.74, 6) is 0. The molecule has 0 saturated carbocycles. The van der Waals surface area contributed by atoms with E-state index in [1.165, 1.54) is 6.26 Å². The van der Waals surface area contributed by atoms with E-state index in [2.05, 4.69) is 5.32 Å². The molecule has 5 heteroatoms. The highest BCUT2D eigenvalue weighted by atomic mass is 35.5. The van der Waals surface area contributed by atoms with Crippen molar-refractivity contribution >= 4 is 21.4 Å². The van der Waals surface area contributed by atoms with Gasteiger partial charge in [0, 0.05) is 11.3 Å². The van der Waals surface area contributed by atoms with Crippen molar-refractivity contribution in [2.75, 3.05) is 13.3 Å². The maximum atomic E-state index is 11.6. The minimum absolute atomic E-state index is 0.0750. The number of rotatable bonds is 4. The Morgan fingerprint density at radius 3 is 2.25 bits per heavy atom. The van der Waals surface area contributed by atoms with E-state index in [9.17, 15) is 8.42 Å². The summed E-state index contributed by atoms with van der Waals surface area (Å²) >= 11 is 5.89. The summed E-state index contributed by atoms with van der Waals surface area (Å²) in [6.07, 6.45) is 1.21. The van der Waals surface area contributed by atoms with E-state index in [1.807, 2.05) is 37.4 Å². The molecule has 0 fully saturated rings.